The smallest absolute Gasteiger partial charge is 0.255 e. The molecule has 3 aromatic rings. The van der Waals surface area contributed by atoms with Crippen molar-refractivity contribution < 1.29 is 4.79 Å². The maximum Gasteiger partial charge on any atom is 0.255 e. The van der Waals surface area contributed by atoms with Gasteiger partial charge in [-0.25, -0.2) is 0 Å². The minimum Gasteiger partial charge on any atom is -0.360 e. The number of carbonyl (C=O) groups excluding carboxylic acids is 1. The van der Waals surface area contributed by atoms with Crippen LogP contribution in [0.15, 0.2) is 91.1 Å². The van der Waals surface area contributed by atoms with E-state index in [1.54, 1.807) is 12.1 Å². The van der Waals surface area contributed by atoms with Crippen molar-refractivity contribution in [3.63, 3.8) is 0 Å². The number of carbonyl (C=O) groups is 1. The quantitative estimate of drug-likeness (QED) is 0.432. The lowest BCUT2D eigenvalue weighted by Gasteiger charge is -2.08. The number of amides is 1. The van der Waals surface area contributed by atoms with Gasteiger partial charge < -0.3 is 10.6 Å². The first-order valence-electron chi connectivity index (χ1n) is 10.7. The first kappa shape index (κ1) is 23.9. The molecular weight excluding hydrogens is 380 g/mol. The van der Waals surface area contributed by atoms with Crippen molar-refractivity contribution in [2.45, 2.75) is 46.5 Å². The first-order chi connectivity index (χ1) is 14.8. The number of hydrogen-bond donors (Lipinski definition) is 2. The van der Waals surface area contributed by atoms with Crippen LogP contribution < -0.4 is 10.6 Å². The minimum atomic E-state index is -0.0760. The summed E-state index contributed by atoms with van der Waals surface area (Å²) in [5.74, 6) is 1.02. The van der Waals surface area contributed by atoms with Gasteiger partial charge in [0.05, 0.1) is 0 Å². The van der Waals surface area contributed by atoms with Crippen LogP contribution in [0.3, 0.4) is 0 Å². The summed E-state index contributed by atoms with van der Waals surface area (Å²) in [7, 11) is 0. The average Bonchev–Trinajstić information content (AvgIpc) is 2.75. The Kier molecular flexibility index (Phi) is 9.08. The van der Waals surface area contributed by atoms with Crippen molar-refractivity contribution in [3.8, 4) is 0 Å². The van der Waals surface area contributed by atoms with E-state index in [0.717, 1.165) is 17.1 Å². The molecule has 3 rings (SSSR count). The molecule has 0 aliphatic carbocycles. The van der Waals surface area contributed by atoms with Crippen molar-refractivity contribution >= 4 is 17.3 Å². The third kappa shape index (κ3) is 8.13. The fraction of sp³-hybridized carbons (Fsp3) is 0.250. The summed E-state index contributed by atoms with van der Waals surface area (Å²) in [5.41, 5.74) is 6.22. The van der Waals surface area contributed by atoms with Crippen LogP contribution in [0.5, 0.6) is 0 Å². The van der Waals surface area contributed by atoms with E-state index >= 15 is 0 Å². The van der Waals surface area contributed by atoms with Gasteiger partial charge in [0.2, 0.25) is 0 Å². The van der Waals surface area contributed by atoms with Crippen molar-refractivity contribution in [2.75, 3.05) is 10.6 Å². The Bertz CT molecular complexity index is 956. The molecular formula is C28H34N2O. The van der Waals surface area contributed by atoms with Crippen molar-refractivity contribution in [1.29, 1.82) is 0 Å². The summed E-state index contributed by atoms with van der Waals surface area (Å²) >= 11 is 0. The van der Waals surface area contributed by atoms with Gasteiger partial charge in [0, 0.05) is 22.6 Å². The normalized spacial score (nSPS) is 10.3. The zero-order valence-corrected chi connectivity index (χ0v) is 19.3. The van der Waals surface area contributed by atoms with E-state index in [9.17, 15) is 4.79 Å². The van der Waals surface area contributed by atoms with Gasteiger partial charge in [-0.15, -0.1) is 0 Å². The molecule has 162 valence electrons. The van der Waals surface area contributed by atoms with Crippen LogP contribution in [-0.4, -0.2) is 5.91 Å². The summed E-state index contributed by atoms with van der Waals surface area (Å²) in [6, 6.07) is 25.7. The predicted molar refractivity (Wildman–Crippen MR) is 134 cm³/mol. The van der Waals surface area contributed by atoms with Crippen molar-refractivity contribution in [3.05, 3.63) is 108 Å². The standard InChI is InChI=1S/C16H17NO.C12H17N/c1-12(2)13-8-10-15(11-9-13)17-16(18)14-6-4-3-5-7-14;1-9(2)11-5-7-12(8-6-11)13-10(3)4/h3-12H,1-2H3,(H,17,18);5-9,13H,3H2,1-2,4H3. The van der Waals surface area contributed by atoms with E-state index in [1.165, 1.54) is 11.1 Å². The summed E-state index contributed by atoms with van der Waals surface area (Å²) in [4.78, 5) is 11.9. The molecule has 0 aromatic heterocycles. The second-order valence-electron chi connectivity index (χ2n) is 8.28. The summed E-state index contributed by atoms with van der Waals surface area (Å²) in [6.07, 6.45) is 0. The molecule has 0 radical (unpaired) electrons. The second-order valence-corrected chi connectivity index (χ2v) is 8.28. The number of benzene rings is 3. The van der Waals surface area contributed by atoms with E-state index in [1.807, 2.05) is 49.4 Å². The molecule has 1 amide bonds. The van der Waals surface area contributed by atoms with Crippen LogP contribution in [0.25, 0.3) is 0 Å². The Labute approximate surface area is 187 Å². The molecule has 3 heteroatoms. The maximum absolute atomic E-state index is 11.9. The van der Waals surface area contributed by atoms with E-state index in [2.05, 4.69) is 69.2 Å². The highest BCUT2D eigenvalue weighted by Gasteiger charge is 2.05. The fourth-order valence-electron chi connectivity index (χ4n) is 2.94. The number of nitrogens with one attached hydrogen (secondary N) is 2. The van der Waals surface area contributed by atoms with Gasteiger partial charge in [-0.3, -0.25) is 4.79 Å². The lowest BCUT2D eigenvalue weighted by molar-refractivity contribution is 0.102. The Hall–Kier alpha value is -3.33. The SMILES string of the molecule is C=C(C)Nc1ccc(C(C)C)cc1.CC(C)c1ccc(NC(=O)c2ccccc2)cc1. The second kappa shape index (κ2) is 11.8. The van der Waals surface area contributed by atoms with Gasteiger partial charge >= 0.3 is 0 Å². The molecule has 3 aromatic carbocycles. The van der Waals surface area contributed by atoms with Gasteiger partial charge in [-0.1, -0.05) is 76.7 Å². The monoisotopic (exact) mass is 414 g/mol. The lowest BCUT2D eigenvalue weighted by atomic mass is 10.0. The first-order valence-corrected chi connectivity index (χ1v) is 10.7. The molecule has 3 nitrogen and oxygen atoms in total. The zero-order valence-electron chi connectivity index (χ0n) is 19.3. The zero-order chi connectivity index (χ0) is 22.8. The molecule has 2 N–H and O–H groups in total. The van der Waals surface area contributed by atoms with E-state index in [0.29, 0.717) is 17.4 Å². The Morgan fingerprint density at radius 3 is 1.48 bits per heavy atom. The Morgan fingerprint density at radius 2 is 1.10 bits per heavy atom. The highest BCUT2D eigenvalue weighted by Crippen LogP contribution is 2.18. The average molecular weight is 415 g/mol. The summed E-state index contributed by atoms with van der Waals surface area (Å²) in [6.45, 7) is 14.4. The van der Waals surface area contributed by atoms with E-state index in [-0.39, 0.29) is 5.91 Å². The maximum atomic E-state index is 11.9. The van der Waals surface area contributed by atoms with Crippen LogP contribution in [0.1, 0.15) is 67.9 Å². The Balaban J connectivity index is 0.000000233. The third-order valence-electron chi connectivity index (χ3n) is 4.81. The predicted octanol–water partition coefficient (Wildman–Crippen LogP) is 7.82. The highest BCUT2D eigenvalue weighted by atomic mass is 16.1. The minimum absolute atomic E-state index is 0.0760. The lowest BCUT2D eigenvalue weighted by Crippen LogP contribution is -2.11. The highest BCUT2D eigenvalue weighted by molar-refractivity contribution is 6.04. The van der Waals surface area contributed by atoms with Crippen LogP contribution in [0.2, 0.25) is 0 Å². The van der Waals surface area contributed by atoms with Crippen LogP contribution in [-0.2, 0) is 0 Å². The molecule has 0 unspecified atom stereocenters. The number of allylic oxidation sites excluding steroid dienone is 1. The molecule has 0 saturated heterocycles. The molecule has 31 heavy (non-hydrogen) atoms. The topological polar surface area (TPSA) is 41.1 Å². The van der Waals surface area contributed by atoms with Gasteiger partial charge in [0.25, 0.3) is 5.91 Å². The van der Waals surface area contributed by atoms with E-state index in [4.69, 9.17) is 0 Å². The van der Waals surface area contributed by atoms with E-state index < -0.39 is 0 Å². The molecule has 0 spiro atoms. The van der Waals surface area contributed by atoms with Gasteiger partial charge in [-0.2, -0.15) is 0 Å². The molecule has 0 heterocycles. The molecule has 0 atom stereocenters. The summed E-state index contributed by atoms with van der Waals surface area (Å²) < 4.78 is 0. The number of rotatable bonds is 6. The Morgan fingerprint density at radius 1 is 0.677 bits per heavy atom. The van der Waals surface area contributed by atoms with Crippen molar-refractivity contribution in [2.24, 2.45) is 0 Å². The summed E-state index contributed by atoms with van der Waals surface area (Å²) in [5, 5.41) is 6.06. The van der Waals surface area contributed by atoms with Crippen molar-refractivity contribution in [1.82, 2.24) is 0 Å². The van der Waals surface area contributed by atoms with Gasteiger partial charge in [0.1, 0.15) is 0 Å². The molecule has 0 aliphatic rings. The number of hydrogen-bond acceptors (Lipinski definition) is 2. The third-order valence-corrected chi connectivity index (χ3v) is 4.81. The molecule has 0 saturated carbocycles. The largest absolute Gasteiger partial charge is 0.360 e. The number of anilines is 2. The molecule has 0 fully saturated rings. The molecule has 0 aliphatic heterocycles. The van der Waals surface area contributed by atoms with Gasteiger partial charge in [0.15, 0.2) is 0 Å². The van der Waals surface area contributed by atoms with Crippen LogP contribution in [0.4, 0.5) is 11.4 Å². The molecule has 0 bridgehead atoms. The fourth-order valence-corrected chi connectivity index (χ4v) is 2.94. The van der Waals surface area contributed by atoms with Gasteiger partial charge in [-0.05, 0) is 66.3 Å². The van der Waals surface area contributed by atoms with Crippen LogP contribution in [0, 0.1) is 0 Å². The van der Waals surface area contributed by atoms with Crippen LogP contribution >= 0.6 is 0 Å².